The van der Waals surface area contributed by atoms with Crippen LogP contribution in [0.3, 0.4) is 0 Å². The minimum atomic E-state index is -0.692. The van der Waals surface area contributed by atoms with Gasteiger partial charge in [0, 0.05) is 29.2 Å². The molecule has 1 aliphatic rings. The van der Waals surface area contributed by atoms with Gasteiger partial charge in [-0.3, -0.25) is 4.79 Å². The molecule has 0 spiro atoms. The van der Waals surface area contributed by atoms with Crippen LogP contribution in [0.15, 0.2) is 30.3 Å². The van der Waals surface area contributed by atoms with E-state index >= 15 is 0 Å². The maximum Gasteiger partial charge on any atom is 0.250 e. The summed E-state index contributed by atoms with van der Waals surface area (Å²) in [6, 6.07) is 9.96. The Kier molecular flexibility index (Phi) is 4.50. The molecule has 6 heteroatoms. The Morgan fingerprint density at radius 2 is 2.38 bits per heavy atom. The third-order valence-corrected chi connectivity index (χ3v) is 4.68. The van der Waals surface area contributed by atoms with E-state index in [9.17, 15) is 9.90 Å². The zero-order valence-electron chi connectivity index (χ0n) is 11.5. The lowest BCUT2D eigenvalue weighted by atomic mass is 10.2. The van der Waals surface area contributed by atoms with Gasteiger partial charge in [-0.25, -0.2) is 0 Å². The van der Waals surface area contributed by atoms with Gasteiger partial charge in [0.25, 0.3) is 5.91 Å². The highest BCUT2D eigenvalue weighted by Crippen LogP contribution is 2.29. The molecule has 2 aromatic rings. The molecule has 3 N–H and O–H groups in total. The van der Waals surface area contributed by atoms with Crippen molar-refractivity contribution in [3.8, 4) is 0 Å². The Morgan fingerprint density at radius 3 is 3.14 bits per heavy atom. The highest BCUT2D eigenvalue weighted by atomic mass is 32.1. The second-order valence-electron chi connectivity index (χ2n) is 5.01. The van der Waals surface area contributed by atoms with E-state index in [0.717, 1.165) is 21.5 Å². The van der Waals surface area contributed by atoms with Gasteiger partial charge in [0.2, 0.25) is 0 Å². The van der Waals surface area contributed by atoms with E-state index in [1.54, 1.807) is 11.3 Å². The molecule has 2 atom stereocenters. The van der Waals surface area contributed by atoms with Crippen LogP contribution in [0.2, 0.25) is 0 Å². The quantitative estimate of drug-likeness (QED) is 0.789. The number of hydrogen-bond donors (Lipinski definition) is 3. The van der Waals surface area contributed by atoms with Crippen LogP contribution in [0, 0.1) is 0 Å². The number of aliphatic hydroxyl groups is 1. The summed E-state index contributed by atoms with van der Waals surface area (Å²) in [6.07, 6.45) is -1.16. The zero-order valence-corrected chi connectivity index (χ0v) is 12.4. The Balaban J connectivity index is 1.58. The monoisotopic (exact) mass is 306 g/mol. The van der Waals surface area contributed by atoms with Crippen molar-refractivity contribution in [2.45, 2.75) is 12.2 Å². The number of ether oxygens (including phenoxy) is 1. The number of carbonyl (C=O) groups is 1. The lowest BCUT2D eigenvalue weighted by Gasteiger charge is -2.23. The van der Waals surface area contributed by atoms with Crippen molar-refractivity contribution < 1.29 is 14.6 Å². The number of fused-ring (bicyclic) bond motifs is 1. The SMILES string of the molecule is O=C(NCC(O)c1cc2ccccc2s1)C1CNCCO1. The lowest BCUT2D eigenvalue weighted by molar-refractivity contribution is -0.134. The Labute approximate surface area is 126 Å². The molecule has 1 fully saturated rings. The average molecular weight is 306 g/mol. The summed E-state index contributed by atoms with van der Waals surface area (Å²) in [7, 11) is 0. The minimum Gasteiger partial charge on any atom is -0.386 e. The van der Waals surface area contributed by atoms with Crippen LogP contribution in [0.5, 0.6) is 0 Å². The number of amides is 1. The molecule has 1 aromatic carbocycles. The third-order valence-electron chi connectivity index (χ3n) is 3.46. The maximum atomic E-state index is 11.9. The van der Waals surface area contributed by atoms with Gasteiger partial charge in [-0.05, 0) is 17.5 Å². The topological polar surface area (TPSA) is 70.6 Å². The molecule has 1 aliphatic heterocycles. The number of aliphatic hydroxyl groups excluding tert-OH is 1. The number of benzene rings is 1. The third kappa shape index (κ3) is 3.41. The summed E-state index contributed by atoms with van der Waals surface area (Å²) in [6.45, 7) is 2.03. The molecular weight excluding hydrogens is 288 g/mol. The predicted molar refractivity (Wildman–Crippen MR) is 82.4 cm³/mol. The largest absolute Gasteiger partial charge is 0.386 e. The second kappa shape index (κ2) is 6.53. The van der Waals surface area contributed by atoms with E-state index in [1.807, 2.05) is 30.3 Å². The molecule has 1 saturated heterocycles. The van der Waals surface area contributed by atoms with Gasteiger partial charge in [-0.1, -0.05) is 18.2 Å². The van der Waals surface area contributed by atoms with E-state index < -0.39 is 12.2 Å². The van der Waals surface area contributed by atoms with E-state index in [0.29, 0.717) is 13.2 Å². The highest BCUT2D eigenvalue weighted by Gasteiger charge is 2.22. The van der Waals surface area contributed by atoms with Gasteiger partial charge in [0.05, 0.1) is 6.61 Å². The molecule has 2 heterocycles. The first-order valence-corrected chi connectivity index (χ1v) is 7.82. The Bertz CT molecular complexity index is 589. The van der Waals surface area contributed by atoms with Gasteiger partial charge >= 0.3 is 0 Å². The van der Waals surface area contributed by atoms with Crippen molar-refractivity contribution in [2.24, 2.45) is 0 Å². The number of rotatable bonds is 4. The van der Waals surface area contributed by atoms with Crippen molar-refractivity contribution in [2.75, 3.05) is 26.2 Å². The summed E-state index contributed by atoms with van der Waals surface area (Å²) in [5.41, 5.74) is 0. The fourth-order valence-corrected chi connectivity index (χ4v) is 3.36. The normalized spacial score (nSPS) is 20.3. The molecule has 0 aliphatic carbocycles. The van der Waals surface area contributed by atoms with Crippen molar-refractivity contribution >= 4 is 27.3 Å². The molecule has 0 saturated carbocycles. The van der Waals surface area contributed by atoms with E-state index in [4.69, 9.17) is 4.74 Å². The van der Waals surface area contributed by atoms with Crippen LogP contribution in [-0.2, 0) is 9.53 Å². The van der Waals surface area contributed by atoms with Gasteiger partial charge in [0.15, 0.2) is 0 Å². The average Bonchev–Trinajstić information content (AvgIpc) is 2.97. The molecule has 1 amide bonds. The maximum absolute atomic E-state index is 11.9. The predicted octanol–water partition coefficient (Wildman–Crippen LogP) is 1.04. The highest BCUT2D eigenvalue weighted by molar-refractivity contribution is 7.19. The van der Waals surface area contributed by atoms with Gasteiger partial charge in [-0.15, -0.1) is 11.3 Å². The molecular formula is C15H18N2O3S. The van der Waals surface area contributed by atoms with Crippen molar-refractivity contribution in [3.05, 3.63) is 35.2 Å². The van der Waals surface area contributed by atoms with E-state index in [1.165, 1.54) is 0 Å². The number of morpholine rings is 1. The fourth-order valence-electron chi connectivity index (χ4n) is 2.31. The Morgan fingerprint density at radius 1 is 1.52 bits per heavy atom. The Hall–Kier alpha value is -1.47. The summed E-state index contributed by atoms with van der Waals surface area (Å²) in [5, 5.41) is 17.2. The molecule has 0 radical (unpaired) electrons. The molecule has 2 unspecified atom stereocenters. The van der Waals surface area contributed by atoms with Crippen LogP contribution < -0.4 is 10.6 Å². The number of thiophene rings is 1. The van der Waals surface area contributed by atoms with Crippen molar-refractivity contribution in [1.82, 2.24) is 10.6 Å². The van der Waals surface area contributed by atoms with Crippen LogP contribution in [-0.4, -0.2) is 43.4 Å². The smallest absolute Gasteiger partial charge is 0.250 e. The number of hydrogen-bond acceptors (Lipinski definition) is 5. The molecule has 21 heavy (non-hydrogen) atoms. The lowest BCUT2D eigenvalue weighted by Crippen LogP contribution is -2.48. The van der Waals surface area contributed by atoms with E-state index in [2.05, 4.69) is 10.6 Å². The number of nitrogens with one attached hydrogen (secondary N) is 2. The van der Waals surface area contributed by atoms with Crippen LogP contribution in [0.1, 0.15) is 11.0 Å². The van der Waals surface area contributed by atoms with Crippen LogP contribution in [0.4, 0.5) is 0 Å². The summed E-state index contributed by atoms with van der Waals surface area (Å²) >= 11 is 1.55. The fraction of sp³-hybridized carbons (Fsp3) is 0.400. The summed E-state index contributed by atoms with van der Waals surface area (Å²) in [4.78, 5) is 12.8. The van der Waals surface area contributed by atoms with Gasteiger partial charge in [-0.2, -0.15) is 0 Å². The van der Waals surface area contributed by atoms with Gasteiger partial charge in [0.1, 0.15) is 12.2 Å². The minimum absolute atomic E-state index is 0.178. The molecule has 112 valence electrons. The first-order valence-electron chi connectivity index (χ1n) is 7.00. The van der Waals surface area contributed by atoms with E-state index in [-0.39, 0.29) is 12.5 Å². The number of carbonyl (C=O) groups excluding carboxylic acids is 1. The summed E-state index contributed by atoms with van der Waals surface area (Å²) in [5.74, 6) is -0.178. The standard InChI is InChI=1S/C15H18N2O3S/c18-11(8-17-15(19)12-9-16-5-6-20-12)14-7-10-3-1-2-4-13(10)21-14/h1-4,7,11-12,16,18H,5-6,8-9H2,(H,17,19). The second-order valence-corrected chi connectivity index (χ2v) is 6.13. The van der Waals surface area contributed by atoms with Crippen molar-refractivity contribution in [3.63, 3.8) is 0 Å². The first kappa shape index (κ1) is 14.5. The van der Waals surface area contributed by atoms with Crippen LogP contribution in [0.25, 0.3) is 10.1 Å². The molecule has 5 nitrogen and oxygen atoms in total. The summed E-state index contributed by atoms with van der Waals surface area (Å²) < 4.78 is 6.51. The van der Waals surface area contributed by atoms with Crippen LogP contribution >= 0.6 is 11.3 Å². The van der Waals surface area contributed by atoms with Crippen molar-refractivity contribution in [1.29, 1.82) is 0 Å². The molecule has 3 rings (SSSR count). The zero-order chi connectivity index (χ0) is 14.7. The molecule has 1 aromatic heterocycles. The van der Waals surface area contributed by atoms with Gasteiger partial charge < -0.3 is 20.5 Å². The first-order chi connectivity index (χ1) is 10.2. The molecule has 0 bridgehead atoms.